The Morgan fingerprint density at radius 3 is 2.25 bits per heavy atom. The van der Waals surface area contributed by atoms with Crippen molar-refractivity contribution in [3.05, 3.63) is 70.0 Å². The summed E-state index contributed by atoms with van der Waals surface area (Å²) in [5.41, 5.74) is 1.11. The van der Waals surface area contributed by atoms with Crippen LogP contribution < -0.4 is 4.72 Å². The van der Waals surface area contributed by atoms with E-state index in [0.29, 0.717) is 12.8 Å². The number of halogens is 1. The Balaban J connectivity index is 1.46. The monoisotopic (exact) mass is 407 g/mol. The molecular weight excluding hydrogens is 385 g/mol. The van der Waals surface area contributed by atoms with Gasteiger partial charge in [-0.25, -0.2) is 17.5 Å². The van der Waals surface area contributed by atoms with Gasteiger partial charge in [0, 0.05) is 24.7 Å². The van der Waals surface area contributed by atoms with E-state index in [0.717, 1.165) is 43.8 Å². The second kappa shape index (κ2) is 8.76. The third-order valence-corrected chi connectivity index (χ3v) is 6.43. The molecule has 0 aromatic heterocycles. The zero-order chi connectivity index (χ0) is 20.1. The summed E-state index contributed by atoms with van der Waals surface area (Å²) >= 11 is 0. The minimum Gasteiger partial charge on any atom is -0.303 e. The van der Waals surface area contributed by atoms with Crippen molar-refractivity contribution in [1.82, 2.24) is 9.62 Å². The maximum Gasteiger partial charge on any atom is 0.269 e. The molecule has 3 rings (SSSR count). The number of non-ortho nitro benzene ring substituents is 1. The van der Waals surface area contributed by atoms with Crippen LogP contribution in [0, 0.1) is 15.9 Å². The number of hydrogen-bond acceptors (Lipinski definition) is 5. The minimum atomic E-state index is -3.65. The van der Waals surface area contributed by atoms with E-state index in [2.05, 4.69) is 9.62 Å². The molecule has 1 saturated heterocycles. The van der Waals surface area contributed by atoms with E-state index in [9.17, 15) is 22.9 Å². The summed E-state index contributed by atoms with van der Waals surface area (Å²) in [4.78, 5) is 12.6. The van der Waals surface area contributed by atoms with Crippen molar-refractivity contribution in [1.29, 1.82) is 0 Å². The first-order valence-electron chi connectivity index (χ1n) is 9.07. The second-order valence-corrected chi connectivity index (χ2v) is 8.58. The van der Waals surface area contributed by atoms with Crippen molar-refractivity contribution < 1.29 is 17.7 Å². The maximum atomic E-state index is 13.0. The van der Waals surface area contributed by atoms with Crippen LogP contribution in [0.1, 0.15) is 18.4 Å². The van der Waals surface area contributed by atoms with E-state index in [1.807, 2.05) is 0 Å². The van der Waals surface area contributed by atoms with Crippen LogP contribution in [0.5, 0.6) is 0 Å². The molecule has 1 aliphatic heterocycles. The van der Waals surface area contributed by atoms with Crippen molar-refractivity contribution in [3.8, 4) is 0 Å². The maximum absolute atomic E-state index is 13.0. The summed E-state index contributed by atoms with van der Waals surface area (Å²) in [6.45, 7) is 2.35. The van der Waals surface area contributed by atoms with Crippen LogP contribution >= 0.6 is 0 Å². The SMILES string of the molecule is O=[N+]([O-])c1ccc(CCN2CCC(NS(=O)(=O)c3ccc(F)cc3)CC2)cc1. The van der Waals surface area contributed by atoms with Gasteiger partial charge in [-0.15, -0.1) is 0 Å². The molecule has 0 spiro atoms. The molecule has 0 atom stereocenters. The van der Waals surface area contributed by atoms with E-state index in [1.54, 1.807) is 12.1 Å². The lowest BCUT2D eigenvalue weighted by Crippen LogP contribution is -2.45. The van der Waals surface area contributed by atoms with Crippen LogP contribution in [0.25, 0.3) is 0 Å². The summed E-state index contributed by atoms with van der Waals surface area (Å²) in [6, 6.07) is 11.2. The van der Waals surface area contributed by atoms with Gasteiger partial charge in [0.2, 0.25) is 10.0 Å². The Bertz CT molecular complexity index is 909. The number of nitro groups is 1. The molecule has 0 bridgehead atoms. The average Bonchev–Trinajstić information content (AvgIpc) is 2.68. The van der Waals surface area contributed by atoms with Gasteiger partial charge in [0.1, 0.15) is 5.82 Å². The zero-order valence-electron chi connectivity index (χ0n) is 15.3. The summed E-state index contributed by atoms with van der Waals surface area (Å²) in [6.07, 6.45) is 2.17. The molecule has 0 aliphatic carbocycles. The van der Waals surface area contributed by atoms with Crippen molar-refractivity contribution in [2.75, 3.05) is 19.6 Å². The number of rotatable bonds is 7. The highest BCUT2D eigenvalue weighted by Crippen LogP contribution is 2.17. The predicted molar refractivity (Wildman–Crippen MR) is 103 cm³/mol. The third kappa shape index (κ3) is 5.34. The van der Waals surface area contributed by atoms with Crippen LogP contribution in [0.15, 0.2) is 53.4 Å². The fraction of sp³-hybridized carbons (Fsp3) is 0.368. The summed E-state index contributed by atoms with van der Waals surface area (Å²) in [5, 5.41) is 10.7. The van der Waals surface area contributed by atoms with Crippen molar-refractivity contribution >= 4 is 15.7 Å². The quantitative estimate of drug-likeness (QED) is 0.563. The van der Waals surface area contributed by atoms with Gasteiger partial charge in [-0.2, -0.15) is 0 Å². The first kappa shape index (κ1) is 20.4. The number of piperidine rings is 1. The molecule has 0 amide bonds. The lowest BCUT2D eigenvalue weighted by atomic mass is 10.1. The Kier molecular flexibility index (Phi) is 6.38. The number of nitro benzene ring substituents is 1. The van der Waals surface area contributed by atoms with Crippen molar-refractivity contribution in [2.45, 2.75) is 30.2 Å². The molecular formula is C19H22FN3O4S. The highest BCUT2D eigenvalue weighted by atomic mass is 32.2. The Hall–Kier alpha value is -2.36. The molecule has 2 aromatic rings. The van der Waals surface area contributed by atoms with Gasteiger partial charge in [0.25, 0.3) is 5.69 Å². The minimum absolute atomic E-state index is 0.0644. The largest absolute Gasteiger partial charge is 0.303 e. The van der Waals surface area contributed by atoms with E-state index in [-0.39, 0.29) is 16.6 Å². The van der Waals surface area contributed by atoms with Crippen LogP contribution in [-0.4, -0.2) is 43.9 Å². The second-order valence-electron chi connectivity index (χ2n) is 6.86. The number of benzene rings is 2. The lowest BCUT2D eigenvalue weighted by Gasteiger charge is -2.32. The van der Waals surface area contributed by atoms with Crippen LogP contribution in [0.3, 0.4) is 0 Å². The first-order valence-corrected chi connectivity index (χ1v) is 10.6. The van der Waals surface area contributed by atoms with E-state index >= 15 is 0 Å². The Labute approximate surface area is 163 Å². The Morgan fingerprint density at radius 2 is 1.68 bits per heavy atom. The number of hydrogen-bond donors (Lipinski definition) is 1. The van der Waals surface area contributed by atoms with Gasteiger partial charge in [0.15, 0.2) is 0 Å². The van der Waals surface area contributed by atoms with Crippen LogP contribution in [0.2, 0.25) is 0 Å². The number of sulfonamides is 1. The topological polar surface area (TPSA) is 92.6 Å². The van der Waals surface area contributed by atoms with Crippen molar-refractivity contribution in [2.24, 2.45) is 0 Å². The normalized spacial score (nSPS) is 16.2. The molecule has 1 heterocycles. The van der Waals surface area contributed by atoms with E-state index in [1.165, 1.54) is 24.3 Å². The van der Waals surface area contributed by atoms with Gasteiger partial charge in [0.05, 0.1) is 9.82 Å². The van der Waals surface area contributed by atoms with Crippen molar-refractivity contribution in [3.63, 3.8) is 0 Å². The van der Waals surface area contributed by atoms with Crippen LogP contribution in [-0.2, 0) is 16.4 Å². The fourth-order valence-electron chi connectivity index (χ4n) is 3.25. The molecule has 1 fully saturated rings. The standard InChI is InChI=1S/C19H22FN3O4S/c20-16-3-7-19(8-4-16)28(26,27)21-17-10-13-22(14-11-17)12-9-15-1-5-18(6-2-15)23(24)25/h1-8,17,21H,9-14H2. The molecule has 0 radical (unpaired) electrons. The molecule has 7 nitrogen and oxygen atoms in total. The molecule has 150 valence electrons. The molecule has 0 unspecified atom stereocenters. The molecule has 9 heteroatoms. The molecule has 1 N–H and O–H groups in total. The lowest BCUT2D eigenvalue weighted by molar-refractivity contribution is -0.384. The highest BCUT2D eigenvalue weighted by molar-refractivity contribution is 7.89. The average molecular weight is 407 g/mol. The predicted octanol–water partition coefficient (Wildman–Crippen LogP) is 2.72. The number of nitrogens with one attached hydrogen (secondary N) is 1. The number of likely N-dealkylation sites (tertiary alicyclic amines) is 1. The molecule has 0 saturated carbocycles. The Morgan fingerprint density at radius 1 is 1.07 bits per heavy atom. The number of nitrogens with zero attached hydrogens (tertiary/aromatic N) is 2. The van der Waals surface area contributed by atoms with Gasteiger partial charge in [-0.1, -0.05) is 12.1 Å². The van der Waals surface area contributed by atoms with Gasteiger partial charge in [-0.05, 0) is 62.2 Å². The summed E-state index contributed by atoms with van der Waals surface area (Å²) in [7, 11) is -3.65. The van der Waals surface area contributed by atoms with Gasteiger partial charge < -0.3 is 4.90 Å². The van der Waals surface area contributed by atoms with E-state index < -0.39 is 20.8 Å². The summed E-state index contributed by atoms with van der Waals surface area (Å²) in [5.74, 6) is -0.472. The third-order valence-electron chi connectivity index (χ3n) is 4.90. The molecule has 28 heavy (non-hydrogen) atoms. The summed E-state index contributed by atoms with van der Waals surface area (Å²) < 4.78 is 40.4. The fourth-order valence-corrected chi connectivity index (χ4v) is 4.55. The molecule has 2 aromatic carbocycles. The van der Waals surface area contributed by atoms with Gasteiger partial charge in [-0.3, -0.25) is 10.1 Å². The smallest absolute Gasteiger partial charge is 0.269 e. The van der Waals surface area contributed by atoms with Crippen LogP contribution in [0.4, 0.5) is 10.1 Å². The first-order chi connectivity index (χ1) is 13.3. The zero-order valence-corrected chi connectivity index (χ0v) is 16.1. The molecule has 1 aliphatic rings. The van der Waals surface area contributed by atoms with E-state index in [4.69, 9.17) is 0 Å². The van der Waals surface area contributed by atoms with Gasteiger partial charge >= 0.3 is 0 Å². The highest BCUT2D eigenvalue weighted by Gasteiger charge is 2.24.